The molecule has 2 saturated heterocycles. The third-order valence-electron chi connectivity index (χ3n) is 4.22. The molecule has 0 aliphatic carbocycles. The van der Waals surface area contributed by atoms with E-state index in [0.29, 0.717) is 6.61 Å². The minimum atomic E-state index is -1.23. The van der Waals surface area contributed by atoms with Crippen molar-refractivity contribution in [2.24, 2.45) is 0 Å². The Bertz CT molecular complexity index is 447. The molecule has 21 heavy (non-hydrogen) atoms. The van der Waals surface area contributed by atoms with Crippen LogP contribution in [0.2, 0.25) is 25.7 Å². The predicted octanol–water partition coefficient (Wildman–Crippen LogP) is 1.15. The second-order valence-electron chi connectivity index (χ2n) is 7.64. The number of hydrazine groups is 1. The number of hydrogen-bond acceptors (Lipinski definition) is 6. The summed E-state index contributed by atoms with van der Waals surface area (Å²) < 4.78 is 10.8. The van der Waals surface area contributed by atoms with E-state index in [1.165, 1.54) is 0 Å². The largest absolute Gasteiger partial charge is 0.465 e. The van der Waals surface area contributed by atoms with Crippen molar-refractivity contribution in [1.82, 2.24) is 10.4 Å². The van der Waals surface area contributed by atoms with Gasteiger partial charge in [0.1, 0.15) is 12.1 Å². The third-order valence-corrected chi connectivity index (χ3v) is 5.92. The first kappa shape index (κ1) is 16.4. The van der Waals surface area contributed by atoms with Gasteiger partial charge in [0.25, 0.3) is 0 Å². The van der Waals surface area contributed by atoms with Crippen LogP contribution in [-0.4, -0.2) is 55.4 Å². The van der Waals surface area contributed by atoms with Gasteiger partial charge in [-0.15, -0.1) is 0 Å². The van der Waals surface area contributed by atoms with Gasteiger partial charge in [0, 0.05) is 8.07 Å². The molecule has 2 aliphatic heterocycles. The first-order chi connectivity index (χ1) is 9.54. The number of morpholine rings is 1. The van der Waals surface area contributed by atoms with Crippen LogP contribution in [0.4, 0.5) is 0 Å². The van der Waals surface area contributed by atoms with Gasteiger partial charge in [-0.3, -0.25) is 9.59 Å². The summed E-state index contributed by atoms with van der Waals surface area (Å²) in [5, 5.41) is 1.81. The summed E-state index contributed by atoms with van der Waals surface area (Å²) in [5.74, 6) is -0.639. The van der Waals surface area contributed by atoms with E-state index < -0.39 is 31.8 Å². The Labute approximate surface area is 127 Å². The summed E-state index contributed by atoms with van der Waals surface area (Å²) in [5.41, 5.74) is 2.67. The van der Waals surface area contributed by atoms with Crippen LogP contribution in [0.5, 0.6) is 0 Å². The van der Waals surface area contributed by atoms with E-state index in [2.05, 4.69) is 25.1 Å². The van der Waals surface area contributed by atoms with Crippen molar-refractivity contribution in [2.45, 2.75) is 70.2 Å². The summed E-state index contributed by atoms with van der Waals surface area (Å²) in [6.07, 6.45) is -0.513. The number of fused-ring (bicyclic) bond motifs is 2. The lowest BCUT2D eigenvalue weighted by Crippen LogP contribution is -2.60. The predicted molar refractivity (Wildman–Crippen MR) is 81.3 cm³/mol. The van der Waals surface area contributed by atoms with E-state index in [1.807, 2.05) is 18.9 Å². The van der Waals surface area contributed by atoms with Crippen molar-refractivity contribution in [3.05, 3.63) is 0 Å². The molecule has 0 saturated carbocycles. The van der Waals surface area contributed by atoms with Crippen LogP contribution < -0.4 is 5.43 Å². The molecule has 2 fully saturated rings. The van der Waals surface area contributed by atoms with Crippen LogP contribution in [0.3, 0.4) is 0 Å². The molecule has 0 aromatic carbocycles. The number of esters is 2. The summed E-state index contributed by atoms with van der Waals surface area (Å²) in [6, 6.07) is -0.0917. The molecule has 1 N–H and O–H groups in total. The van der Waals surface area contributed by atoms with Crippen LogP contribution in [-0.2, 0) is 19.1 Å². The number of hydrogen-bond donors (Lipinski definition) is 1. The second kappa shape index (κ2) is 5.37. The zero-order valence-corrected chi connectivity index (χ0v) is 14.7. The quantitative estimate of drug-likeness (QED) is 0.620. The second-order valence-corrected chi connectivity index (χ2v) is 13.3. The highest BCUT2D eigenvalue weighted by molar-refractivity contribution is 6.76. The van der Waals surface area contributed by atoms with Crippen LogP contribution in [0.1, 0.15) is 20.8 Å². The Morgan fingerprint density at radius 1 is 1.43 bits per heavy atom. The molecule has 2 bridgehead atoms. The lowest BCUT2D eigenvalue weighted by Gasteiger charge is -2.41. The third kappa shape index (κ3) is 3.14. The molecular formula is C14H26N2O4Si. The first-order valence-electron chi connectivity index (χ1n) is 7.47. The van der Waals surface area contributed by atoms with Gasteiger partial charge in [-0.05, 0) is 26.8 Å². The Kier molecular flexibility index (Phi) is 4.20. The molecule has 2 rings (SSSR count). The van der Waals surface area contributed by atoms with E-state index in [4.69, 9.17) is 9.47 Å². The van der Waals surface area contributed by atoms with E-state index in [0.717, 1.165) is 6.04 Å². The molecule has 2 aliphatic rings. The van der Waals surface area contributed by atoms with Crippen LogP contribution >= 0.6 is 0 Å². The number of carbonyl (C=O) groups is 2. The average molecular weight is 314 g/mol. The normalized spacial score (nSPS) is 34.5. The fourth-order valence-electron chi connectivity index (χ4n) is 2.80. The molecule has 6 nitrogen and oxygen atoms in total. The summed E-state index contributed by atoms with van der Waals surface area (Å²) in [6.45, 7) is 12.8. The van der Waals surface area contributed by atoms with Gasteiger partial charge in [-0.2, -0.15) is 0 Å². The van der Waals surface area contributed by atoms with Gasteiger partial charge in [0.15, 0.2) is 6.04 Å². The standard InChI is InChI=1S/C14H26N2O4Si/c1-9-12(17)20-11-10(15-16(9)14(11,2)3)13(18)19-7-8-21(4,5)6/h9-11,15H,7-8H2,1-6H3. The average Bonchev–Trinajstić information content (AvgIpc) is 2.48. The maximum absolute atomic E-state index is 12.3. The number of carbonyl (C=O) groups excluding carboxylic acids is 2. The van der Waals surface area contributed by atoms with Gasteiger partial charge in [-0.1, -0.05) is 19.6 Å². The minimum absolute atomic E-state index is 0.302. The highest BCUT2D eigenvalue weighted by Gasteiger charge is 2.59. The van der Waals surface area contributed by atoms with Crippen molar-refractivity contribution in [1.29, 1.82) is 0 Å². The van der Waals surface area contributed by atoms with Gasteiger partial charge < -0.3 is 9.47 Å². The molecule has 0 spiro atoms. The molecule has 4 atom stereocenters. The Morgan fingerprint density at radius 3 is 2.62 bits per heavy atom. The number of nitrogens with one attached hydrogen (secondary N) is 1. The molecule has 0 aromatic rings. The Balaban J connectivity index is 2.02. The lowest BCUT2D eigenvalue weighted by atomic mass is 9.91. The van der Waals surface area contributed by atoms with Crippen molar-refractivity contribution < 1.29 is 19.1 Å². The van der Waals surface area contributed by atoms with Crippen molar-refractivity contribution in [3.8, 4) is 0 Å². The van der Waals surface area contributed by atoms with E-state index in [1.54, 1.807) is 6.92 Å². The van der Waals surface area contributed by atoms with Crippen LogP contribution in [0.15, 0.2) is 0 Å². The maximum atomic E-state index is 12.3. The van der Waals surface area contributed by atoms with Crippen molar-refractivity contribution in [2.75, 3.05) is 6.61 Å². The number of rotatable bonds is 4. The van der Waals surface area contributed by atoms with Crippen LogP contribution in [0, 0.1) is 0 Å². The molecule has 2 heterocycles. The van der Waals surface area contributed by atoms with Crippen LogP contribution in [0.25, 0.3) is 0 Å². The van der Waals surface area contributed by atoms with Crippen molar-refractivity contribution in [3.63, 3.8) is 0 Å². The highest BCUT2D eigenvalue weighted by atomic mass is 28.3. The molecular weight excluding hydrogens is 288 g/mol. The molecule has 120 valence electrons. The van der Waals surface area contributed by atoms with E-state index >= 15 is 0 Å². The summed E-state index contributed by atoms with van der Waals surface area (Å²) in [4.78, 5) is 24.1. The summed E-state index contributed by atoms with van der Waals surface area (Å²) in [7, 11) is -1.23. The molecule has 0 amide bonds. The fraction of sp³-hybridized carbons (Fsp3) is 0.857. The van der Waals surface area contributed by atoms with Crippen molar-refractivity contribution >= 4 is 20.0 Å². The molecule has 0 aromatic heterocycles. The first-order valence-corrected chi connectivity index (χ1v) is 11.2. The SMILES string of the molecule is CC1C(=O)OC2C(C(=O)OCC[Si](C)(C)C)NN1C2(C)C. The zero-order valence-electron chi connectivity index (χ0n) is 13.7. The lowest BCUT2D eigenvalue weighted by molar-refractivity contribution is -0.174. The smallest absolute Gasteiger partial charge is 0.328 e. The van der Waals surface area contributed by atoms with Gasteiger partial charge in [0.05, 0.1) is 12.1 Å². The number of ether oxygens (including phenoxy) is 2. The highest BCUT2D eigenvalue weighted by Crippen LogP contribution is 2.36. The van der Waals surface area contributed by atoms with Gasteiger partial charge >= 0.3 is 11.9 Å². The summed E-state index contributed by atoms with van der Waals surface area (Å²) >= 11 is 0. The molecule has 0 radical (unpaired) electrons. The maximum Gasteiger partial charge on any atom is 0.328 e. The number of nitrogens with zero attached hydrogens (tertiary/aromatic N) is 1. The topological polar surface area (TPSA) is 67.9 Å². The van der Waals surface area contributed by atoms with E-state index in [-0.39, 0.29) is 11.9 Å². The fourth-order valence-corrected chi connectivity index (χ4v) is 3.52. The van der Waals surface area contributed by atoms with Gasteiger partial charge in [0.2, 0.25) is 0 Å². The zero-order chi connectivity index (χ0) is 16.0. The van der Waals surface area contributed by atoms with E-state index in [9.17, 15) is 9.59 Å². The molecule has 7 heteroatoms. The Hall–Kier alpha value is -0.923. The Morgan fingerprint density at radius 2 is 2.05 bits per heavy atom. The van der Waals surface area contributed by atoms with Gasteiger partial charge in [-0.25, -0.2) is 10.4 Å². The monoisotopic (exact) mass is 314 g/mol. The molecule has 4 unspecified atom stereocenters. The minimum Gasteiger partial charge on any atom is -0.465 e.